The van der Waals surface area contributed by atoms with Gasteiger partial charge in [-0.05, 0) is 55.0 Å². The smallest absolute Gasteiger partial charge is 0.234 e. The number of hydrogen-bond acceptors (Lipinski definition) is 9. The van der Waals surface area contributed by atoms with Gasteiger partial charge in [0.25, 0.3) is 0 Å². The first-order valence-corrected chi connectivity index (χ1v) is 14.5. The highest BCUT2D eigenvalue weighted by Crippen LogP contribution is 2.35. The molecule has 10 heteroatoms. The lowest BCUT2D eigenvalue weighted by Gasteiger charge is -2.36. The number of fused-ring (bicyclic) bond motifs is 3. The quantitative estimate of drug-likeness (QED) is 0.325. The first-order chi connectivity index (χ1) is 17.6. The molecule has 3 heterocycles. The molecule has 0 aliphatic carbocycles. The summed E-state index contributed by atoms with van der Waals surface area (Å²) in [6.45, 7) is 2.92. The van der Waals surface area contributed by atoms with E-state index in [4.69, 9.17) is 4.74 Å². The molecule has 1 amide bonds. The van der Waals surface area contributed by atoms with Crippen LogP contribution in [0.25, 0.3) is 0 Å². The molecule has 5 rings (SSSR count). The number of nitrogens with zero attached hydrogens (tertiary/aromatic N) is 3. The zero-order valence-corrected chi connectivity index (χ0v) is 22.1. The van der Waals surface area contributed by atoms with Gasteiger partial charge in [0.2, 0.25) is 5.91 Å². The molecule has 3 N–H and O–H groups in total. The summed E-state index contributed by atoms with van der Waals surface area (Å²) in [6, 6.07) is 16.7. The van der Waals surface area contributed by atoms with Gasteiger partial charge in [-0.2, -0.15) is 5.10 Å². The lowest BCUT2D eigenvalue weighted by atomic mass is 10.00. The molecule has 3 unspecified atom stereocenters. The fourth-order valence-corrected chi connectivity index (χ4v) is 5.76. The van der Waals surface area contributed by atoms with E-state index in [0.717, 1.165) is 47.4 Å². The van der Waals surface area contributed by atoms with E-state index >= 15 is 0 Å². The van der Waals surface area contributed by atoms with Gasteiger partial charge < -0.3 is 20.0 Å². The molecule has 0 spiro atoms. The van der Waals surface area contributed by atoms with Crippen molar-refractivity contribution in [2.45, 2.75) is 49.3 Å². The minimum atomic E-state index is -0.0447. The van der Waals surface area contributed by atoms with Crippen LogP contribution in [0.2, 0.25) is 0 Å². The number of carbonyl (C=O) groups excluding carboxylic acids is 1. The van der Waals surface area contributed by atoms with Gasteiger partial charge in [0.05, 0.1) is 24.4 Å². The highest BCUT2D eigenvalue weighted by Gasteiger charge is 2.44. The molecule has 8 nitrogen and oxygen atoms in total. The molecule has 1 fully saturated rings. The Kier molecular flexibility index (Phi) is 7.93. The van der Waals surface area contributed by atoms with Gasteiger partial charge >= 0.3 is 0 Å². The van der Waals surface area contributed by atoms with Crippen molar-refractivity contribution in [3.8, 4) is 5.75 Å². The largest absolute Gasteiger partial charge is 0.494 e. The maximum Gasteiger partial charge on any atom is 0.234 e. The van der Waals surface area contributed by atoms with Gasteiger partial charge in [-0.15, -0.1) is 11.8 Å². The van der Waals surface area contributed by atoms with Gasteiger partial charge in [-0.1, -0.05) is 43.3 Å². The molecule has 3 atom stereocenters. The van der Waals surface area contributed by atoms with Crippen molar-refractivity contribution in [2.75, 3.05) is 23.9 Å². The minimum absolute atomic E-state index is 0.0213. The summed E-state index contributed by atoms with van der Waals surface area (Å²) in [5, 5.41) is 10.5. The molecule has 2 aromatic carbocycles. The van der Waals surface area contributed by atoms with Crippen molar-refractivity contribution < 1.29 is 9.53 Å². The number of amides is 1. The van der Waals surface area contributed by atoms with Crippen LogP contribution >= 0.6 is 23.5 Å². The second kappa shape index (κ2) is 11.5. The van der Waals surface area contributed by atoms with Crippen LogP contribution in [0.15, 0.2) is 70.9 Å². The lowest BCUT2D eigenvalue weighted by molar-refractivity contribution is -0.113. The molecule has 36 heavy (non-hydrogen) atoms. The topological polar surface area (TPSA) is 81.2 Å². The Bertz CT molecular complexity index is 1130. The van der Waals surface area contributed by atoms with Crippen molar-refractivity contribution in [1.82, 2.24) is 20.8 Å². The number of carbonyl (C=O) groups is 1. The number of hydrazone groups is 1. The molecule has 0 saturated carbocycles. The summed E-state index contributed by atoms with van der Waals surface area (Å²) in [6.07, 6.45) is 9.26. The fourth-order valence-electron chi connectivity index (χ4n) is 4.53. The van der Waals surface area contributed by atoms with Gasteiger partial charge in [0, 0.05) is 23.0 Å². The summed E-state index contributed by atoms with van der Waals surface area (Å²) in [7, 11) is 0. The molecular formula is C26H32N6O2S2. The van der Waals surface area contributed by atoms with Crippen LogP contribution < -0.4 is 20.9 Å². The maximum atomic E-state index is 12.5. The number of amidine groups is 1. The molecule has 0 radical (unpaired) electrons. The summed E-state index contributed by atoms with van der Waals surface area (Å²) < 4.78 is 5.80. The lowest BCUT2D eigenvalue weighted by Crippen LogP contribution is -2.54. The van der Waals surface area contributed by atoms with Crippen molar-refractivity contribution in [3.05, 3.63) is 66.5 Å². The van der Waals surface area contributed by atoms with E-state index in [2.05, 4.69) is 68.6 Å². The number of unbranched alkanes of at least 4 members (excludes halogenated alkanes) is 1. The molecule has 0 aromatic heterocycles. The number of benzene rings is 2. The van der Waals surface area contributed by atoms with Crippen molar-refractivity contribution in [2.24, 2.45) is 5.10 Å². The van der Waals surface area contributed by atoms with E-state index in [9.17, 15) is 4.79 Å². The van der Waals surface area contributed by atoms with E-state index in [0.29, 0.717) is 5.75 Å². The van der Waals surface area contributed by atoms with Crippen LogP contribution in [0, 0.1) is 0 Å². The van der Waals surface area contributed by atoms with E-state index < -0.39 is 0 Å². The molecule has 3 aliphatic heterocycles. The number of thioether (sulfide) groups is 2. The zero-order chi connectivity index (χ0) is 24.9. The standard InChI is InChI=1S/C26H32N6O2S2/c1-3-4-14-34-20-10-8-18(9-11-20)22-16-23-25-28-29-26(31(25)12-13-32(23)30-22)36-17-24(33)27-19-6-5-7-21(15-19)35-2/h5-13,15,22-23,25,28,30H,3-4,14,16-17H2,1-2H3,(H,27,33). The van der Waals surface area contributed by atoms with Gasteiger partial charge in [-0.3, -0.25) is 10.2 Å². The molecule has 190 valence electrons. The van der Waals surface area contributed by atoms with Crippen molar-refractivity contribution in [1.29, 1.82) is 0 Å². The SMILES string of the molecule is CCCCOc1ccc(C2CC3C4NN=C(SCC(=O)Nc5cccc(SC)c5)N4C=CN3N2)cc1. The zero-order valence-electron chi connectivity index (χ0n) is 20.5. The van der Waals surface area contributed by atoms with E-state index in [1.807, 2.05) is 36.7 Å². The van der Waals surface area contributed by atoms with Crippen LogP contribution in [0.3, 0.4) is 0 Å². The Morgan fingerprint density at radius 3 is 2.89 bits per heavy atom. The van der Waals surface area contributed by atoms with Gasteiger partial charge in [-0.25, -0.2) is 5.43 Å². The number of ether oxygens (including phenoxy) is 1. The maximum absolute atomic E-state index is 12.5. The summed E-state index contributed by atoms with van der Waals surface area (Å²) in [4.78, 5) is 15.8. The highest BCUT2D eigenvalue weighted by molar-refractivity contribution is 8.14. The fraction of sp³-hybridized carbons (Fsp3) is 0.385. The highest BCUT2D eigenvalue weighted by atomic mass is 32.2. The Hall–Kier alpha value is -2.82. The van der Waals surface area contributed by atoms with Crippen LogP contribution in [-0.4, -0.2) is 51.8 Å². The summed E-state index contributed by atoms with van der Waals surface area (Å²) in [5.74, 6) is 1.17. The van der Waals surface area contributed by atoms with Crippen LogP contribution in [0.1, 0.15) is 37.8 Å². The van der Waals surface area contributed by atoms with E-state index in [1.54, 1.807) is 11.8 Å². The average Bonchev–Trinajstić information content (AvgIpc) is 3.52. The predicted molar refractivity (Wildman–Crippen MR) is 148 cm³/mol. The minimum Gasteiger partial charge on any atom is -0.494 e. The Balaban J connectivity index is 1.13. The second-order valence-electron chi connectivity index (χ2n) is 8.91. The monoisotopic (exact) mass is 524 g/mol. The number of nitrogens with one attached hydrogen (secondary N) is 3. The van der Waals surface area contributed by atoms with Crippen LogP contribution in [0.4, 0.5) is 5.69 Å². The first kappa shape index (κ1) is 24.9. The number of anilines is 1. The number of hydrazine groups is 1. The summed E-state index contributed by atoms with van der Waals surface area (Å²) >= 11 is 3.09. The predicted octanol–water partition coefficient (Wildman–Crippen LogP) is 4.57. The first-order valence-electron chi connectivity index (χ1n) is 12.3. The Morgan fingerprint density at radius 2 is 2.08 bits per heavy atom. The Morgan fingerprint density at radius 1 is 1.22 bits per heavy atom. The third-order valence-electron chi connectivity index (χ3n) is 6.44. The molecule has 0 bridgehead atoms. The third kappa shape index (κ3) is 5.61. The number of rotatable bonds is 9. The third-order valence-corrected chi connectivity index (χ3v) is 8.13. The average molecular weight is 525 g/mol. The van der Waals surface area contributed by atoms with Crippen LogP contribution in [-0.2, 0) is 4.79 Å². The number of hydrogen-bond donors (Lipinski definition) is 3. The molecule has 3 aliphatic rings. The second-order valence-corrected chi connectivity index (χ2v) is 10.7. The summed E-state index contributed by atoms with van der Waals surface area (Å²) in [5.41, 5.74) is 8.95. The molecule has 1 saturated heterocycles. The van der Waals surface area contributed by atoms with Gasteiger partial charge in [0.1, 0.15) is 11.9 Å². The normalized spacial score (nSPS) is 22.1. The van der Waals surface area contributed by atoms with Crippen molar-refractivity contribution in [3.63, 3.8) is 0 Å². The molecular weight excluding hydrogens is 492 g/mol. The van der Waals surface area contributed by atoms with E-state index in [1.165, 1.54) is 17.3 Å². The van der Waals surface area contributed by atoms with Crippen molar-refractivity contribution >= 4 is 40.3 Å². The molecule has 2 aromatic rings. The van der Waals surface area contributed by atoms with Gasteiger partial charge in [0.15, 0.2) is 5.17 Å². The van der Waals surface area contributed by atoms with Crippen LogP contribution in [0.5, 0.6) is 5.75 Å². The van der Waals surface area contributed by atoms with E-state index in [-0.39, 0.29) is 24.2 Å². The Labute approximate surface area is 220 Å².